The molecule has 38 heavy (non-hydrogen) atoms. The molecule has 0 aromatic heterocycles. The Labute approximate surface area is 221 Å². The van der Waals surface area contributed by atoms with E-state index < -0.39 is 0 Å². The molecular formula is C38H24. The first-order chi connectivity index (χ1) is 18.9. The zero-order valence-electron chi connectivity index (χ0n) is 20.9. The first-order valence-electron chi connectivity index (χ1n) is 13.2. The predicted octanol–water partition coefficient (Wildman–Crippen LogP) is 10.7. The topological polar surface area (TPSA) is 0 Å². The van der Waals surface area contributed by atoms with E-state index >= 15 is 0 Å². The summed E-state index contributed by atoms with van der Waals surface area (Å²) >= 11 is 0. The van der Waals surface area contributed by atoms with Gasteiger partial charge in [-0.3, -0.25) is 0 Å². The quantitative estimate of drug-likeness (QED) is 0.221. The summed E-state index contributed by atoms with van der Waals surface area (Å²) in [6.45, 7) is 0. The molecule has 0 unspecified atom stereocenters. The van der Waals surface area contributed by atoms with Crippen LogP contribution >= 0.6 is 0 Å². The molecule has 8 rings (SSSR count). The third-order valence-corrected chi connectivity index (χ3v) is 8.03. The summed E-state index contributed by atoms with van der Waals surface area (Å²) in [4.78, 5) is 0. The van der Waals surface area contributed by atoms with Gasteiger partial charge in [-0.1, -0.05) is 140 Å². The highest BCUT2D eigenvalue weighted by Gasteiger charge is 2.18. The third-order valence-electron chi connectivity index (χ3n) is 8.03. The molecule has 0 bridgehead atoms. The van der Waals surface area contributed by atoms with Gasteiger partial charge in [0.25, 0.3) is 0 Å². The maximum Gasteiger partial charge on any atom is -0.00141 e. The fraction of sp³-hybridized carbons (Fsp3) is 0. The van der Waals surface area contributed by atoms with Gasteiger partial charge in [-0.2, -0.15) is 0 Å². The van der Waals surface area contributed by atoms with Crippen LogP contribution in [-0.2, 0) is 0 Å². The summed E-state index contributed by atoms with van der Waals surface area (Å²) in [5, 5.41) is 10.5. The summed E-state index contributed by atoms with van der Waals surface area (Å²) in [7, 11) is 0. The molecule has 0 atom stereocenters. The smallest absolute Gasteiger partial charge is 0.00141 e. The Bertz CT molecular complexity index is 2100. The lowest BCUT2D eigenvalue weighted by molar-refractivity contribution is 1.65. The van der Waals surface area contributed by atoms with Crippen LogP contribution in [0.5, 0.6) is 0 Å². The summed E-state index contributed by atoms with van der Waals surface area (Å²) in [6, 6.07) is 53.2. The lowest BCUT2D eigenvalue weighted by Crippen LogP contribution is -1.92. The Hall–Kier alpha value is -4.94. The van der Waals surface area contributed by atoms with Crippen molar-refractivity contribution in [1.82, 2.24) is 0 Å². The predicted molar refractivity (Wildman–Crippen MR) is 164 cm³/mol. The highest BCUT2D eigenvalue weighted by atomic mass is 14.2. The minimum absolute atomic E-state index is 1.25. The molecule has 0 saturated heterocycles. The largest absolute Gasteiger partial charge is 0.0622 e. The molecular weight excluding hydrogens is 456 g/mol. The number of hydrogen-bond donors (Lipinski definition) is 0. The second-order valence-electron chi connectivity index (χ2n) is 10.1. The molecule has 0 aliphatic heterocycles. The van der Waals surface area contributed by atoms with Gasteiger partial charge in [0.15, 0.2) is 0 Å². The van der Waals surface area contributed by atoms with Gasteiger partial charge < -0.3 is 0 Å². The molecule has 0 saturated carbocycles. The van der Waals surface area contributed by atoms with Gasteiger partial charge >= 0.3 is 0 Å². The first-order valence-corrected chi connectivity index (χ1v) is 13.2. The van der Waals surface area contributed by atoms with E-state index in [9.17, 15) is 0 Å². The van der Waals surface area contributed by atoms with E-state index in [4.69, 9.17) is 0 Å². The van der Waals surface area contributed by atoms with Gasteiger partial charge in [0.05, 0.1) is 0 Å². The normalized spacial score (nSPS) is 11.7. The van der Waals surface area contributed by atoms with Gasteiger partial charge in [0, 0.05) is 0 Å². The number of hydrogen-bond acceptors (Lipinski definition) is 0. The summed E-state index contributed by atoms with van der Waals surface area (Å²) in [5.74, 6) is 0. The minimum Gasteiger partial charge on any atom is -0.0622 e. The SMILES string of the molecule is c1ccc(-c2ccc3cc(-c4ccccc4)c4ccc(-c5cccc6ccccc56)c5ccc2c3c45)cc1. The molecule has 0 heterocycles. The molecule has 0 heteroatoms. The zero-order chi connectivity index (χ0) is 25.1. The lowest BCUT2D eigenvalue weighted by atomic mass is 9.84. The lowest BCUT2D eigenvalue weighted by Gasteiger charge is -2.19. The van der Waals surface area contributed by atoms with Gasteiger partial charge in [-0.05, 0) is 82.5 Å². The summed E-state index contributed by atoms with van der Waals surface area (Å²) in [5.41, 5.74) is 7.64. The van der Waals surface area contributed by atoms with E-state index in [1.54, 1.807) is 0 Å². The second-order valence-corrected chi connectivity index (χ2v) is 10.1. The third kappa shape index (κ3) is 3.11. The Morgan fingerprint density at radius 2 is 0.816 bits per heavy atom. The van der Waals surface area contributed by atoms with Crippen molar-refractivity contribution >= 4 is 43.1 Å². The number of benzene rings is 8. The summed E-state index contributed by atoms with van der Waals surface area (Å²) < 4.78 is 0. The van der Waals surface area contributed by atoms with Crippen LogP contribution in [0.3, 0.4) is 0 Å². The van der Waals surface area contributed by atoms with Gasteiger partial charge in [-0.15, -0.1) is 0 Å². The molecule has 176 valence electrons. The Kier molecular flexibility index (Phi) is 4.62. The van der Waals surface area contributed by atoms with Crippen LogP contribution in [0.2, 0.25) is 0 Å². The van der Waals surface area contributed by atoms with E-state index in [0.29, 0.717) is 0 Å². The minimum atomic E-state index is 1.25. The van der Waals surface area contributed by atoms with E-state index in [-0.39, 0.29) is 0 Å². The van der Waals surface area contributed by atoms with Gasteiger partial charge in [-0.25, -0.2) is 0 Å². The molecule has 0 aliphatic rings. The maximum absolute atomic E-state index is 2.38. The van der Waals surface area contributed by atoms with Gasteiger partial charge in [0.2, 0.25) is 0 Å². The van der Waals surface area contributed by atoms with E-state index in [0.717, 1.165) is 0 Å². The first kappa shape index (κ1) is 21.2. The van der Waals surface area contributed by atoms with Crippen LogP contribution < -0.4 is 0 Å². The van der Waals surface area contributed by atoms with Gasteiger partial charge in [0.1, 0.15) is 0 Å². The second kappa shape index (κ2) is 8.30. The number of fused-ring (bicyclic) bond motifs is 1. The molecule has 8 aromatic rings. The summed E-state index contributed by atoms with van der Waals surface area (Å²) in [6.07, 6.45) is 0. The van der Waals surface area contributed by atoms with Crippen molar-refractivity contribution in [1.29, 1.82) is 0 Å². The van der Waals surface area contributed by atoms with E-state index in [1.165, 1.54) is 76.5 Å². The Balaban J connectivity index is 1.54. The van der Waals surface area contributed by atoms with E-state index in [2.05, 4.69) is 146 Å². The van der Waals surface area contributed by atoms with Crippen LogP contribution in [0.15, 0.2) is 146 Å². The van der Waals surface area contributed by atoms with Crippen molar-refractivity contribution < 1.29 is 0 Å². The average Bonchev–Trinajstić information content (AvgIpc) is 3.00. The van der Waals surface area contributed by atoms with Crippen molar-refractivity contribution in [3.63, 3.8) is 0 Å². The highest BCUT2D eigenvalue weighted by molar-refractivity contribution is 6.30. The van der Waals surface area contributed by atoms with Crippen LogP contribution in [0.4, 0.5) is 0 Å². The zero-order valence-corrected chi connectivity index (χ0v) is 20.9. The highest BCUT2D eigenvalue weighted by Crippen LogP contribution is 2.46. The van der Waals surface area contributed by atoms with Crippen LogP contribution in [0, 0.1) is 0 Å². The van der Waals surface area contributed by atoms with Crippen LogP contribution in [0.25, 0.3) is 76.5 Å². The molecule has 0 aliphatic carbocycles. The molecule has 0 fully saturated rings. The van der Waals surface area contributed by atoms with Crippen molar-refractivity contribution in [2.75, 3.05) is 0 Å². The van der Waals surface area contributed by atoms with Crippen LogP contribution in [0.1, 0.15) is 0 Å². The Morgan fingerprint density at radius 3 is 1.61 bits per heavy atom. The maximum atomic E-state index is 2.38. The molecule has 0 radical (unpaired) electrons. The molecule has 0 nitrogen and oxygen atoms in total. The van der Waals surface area contributed by atoms with Crippen LogP contribution in [-0.4, -0.2) is 0 Å². The monoisotopic (exact) mass is 480 g/mol. The standard InChI is InChI=1S/C38H24/c1-3-10-25(11-4-1)30-19-18-28-24-36(27-12-5-2-6-13-27)35-21-20-32(34-23-22-33(30)37(28)38(34)35)31-17-9-15-26-14-7-8-16-29(26)31/h1-24H. The molecule has 0 amide bonds. The molecule has 0 spiro atoms. The van der Waals surface area contributed by atoms with Crippen molar-refractivity contribution in [2.24, 2.45) is 0 Å². The van der Waals surface area contributed by atoms with E-state index in [1.807, 2.05) is 0 Å². The fourth-order valence-corrected chi connectivity index (χ4v) is 6.32. The van der Waals surface area contributed by atoms with Crippen molar-refractivity contribution in [2.45, 2.75) is 0 Å². The van der Waals surface area contributed by atoms with Crippen molar-refractivity contribution in [3.8, 4) is 33.4 Å². The van der Waals surface area contributed by atoms with Crippen molar-refractivity contribution in [3.05, 3.63) is 146 Å². The fourth-order valence-electron chi connectivity index (χ4n) is 6.32. The Morgan fingerprint density at radius 1 is 0.263 bits per heavy atom. The molecule has 0 N–H and O–H groups in total. The average molecular weight is 481 g/mol. The molecule has 8 aromatic carbocycles. The number of rotatable bonds is 3.